The molecule has 0 spiro atoms. The summed E-state index contributed by atoms with van der Waals surface area (Å²) in [6, 6.07) is 20.0. The van der Waals surface area contributed by atoms with Crippen LogP contribution < -0.4 is 14.4 Å². The van der Waals surface area contributed by atoms with E-state index in [0.717, 1.165) is 28.3 Å². The summed E-state index contributed by atoms with van der Waals surface area (Å²) in [6.45, 7) is 7.49. The Morgan fingerprint density at radius 2 is 1.68 bits per heavy atom. The van der Waals surface area contributed by atoms with Crippen LogP contribution in [0.4, 0.5) is 5.69 Å². The highest BCUT2D eigenvalue weighted by Crippen LogP contribution is 2.27. The summed E-state index contributed by atoms with van der Waals surface area (Å²) in [7, 11) is -2.55. The lowest BCUT2D eigenvalue weighted by Crippen LogP contribution is -2.51. The zero-order valence-corrected chi connectivity index (χ0v) is 24.7. The van der Waals surface area contributed by atoms with Crippen molar-refractivity contribution in [3.8, 4) is 5.75 Å². The molecule has 40 heavy (non-hydrogen) atoms. The number of para-hydroxylation sites is 1. The van der Waals surface area contributed by atoms with E-state index < -0.39 is 28.5 Å². The molecular weight excluding hydrogens is 526 g/mol. The largest absolute Gasteiger partial charge is 0.497 e. The summed E-state index contributed by atoms with van der Waals surface area (Å²) in [4.78, 5) is 28.6. The van der Waals surface area contributed by atoms with Crippen LogP contribution in [0.5, 0.6) is 5.75 Å². The van der Waals surface area contributed by atoms with Gasteiger partial charge in [-0.2, -0.15) is 0 Å². The normalized spacial score (nSPS) is 11.9. The van der Waals surface area contributed by atoms with Gasteiger partial charge in [-0.1, -0.05) is 61.4 Å². The van der Waals surface area contributed by atoms with Gasteiger partial charge in [-0.05, 0) is 68.7 Å². The molecule has 0 saturated heterocycles. The highest BCUT2D eigenvalue weighted by atomic mass is 32.2. The van der Waals surface area contributed by atoms with E-state index in [9.17, 15) is 18.0 Å². The smallest absolute Gasteiger partial charge is 0.264 e. The summed E-state index contributed by atoms with van der Waals surface area (Å²) in [5, 5.41) is 2.89. The Morgan fingerprint density at radius 3 is 2.33 bits per heavy atom. The van der Waals surface area contributed by atoms with Crippen LogP contribution >= 0.6 is 0 Å². The quantitative estimate of drug-likeness (QED) is 0.299. The van der Waals surface area contributed by atoms with Crippen LogP contribution in [0.1, 0.15) is 43.4 Å². The number of unbranched alkanes of at least 4 members (excludes halogenated alkanes) is 1. The Bertz CT molecular complexity index is 1410. The number of methoxy groups -OCH3 is 1. The van der Waals surface area contributed by atoms with Crippen molar-refractivity contribution in [2.24, 2.45) is 0 Å². The van der Waals surface area contributed by atoms with E-state index in [1.165, 1.54) is 17.0 Å². The minimum Gasteiger partial charge on any atom is -0.497 e. The topological polar surface area (TPSA) is 96.0 Å². The number of nitrogens with one attached hydrogen (secondary N) is 1. The zero-order chi connectivity index (χ0) is 29.3. The number of amides is 2. The highest BCUT2D eigenvalue weighted by molar-refractivity contribution is 7.92. The van der Waals surface area contributed by atoms with E-state index >= 15 is 0 Å². The number of carbonyl (C=O) groups excluding carboxylic acids is 2. The number of benzene rings is 3. The van der Waals surface area contributed by atoms with Gasteiger partial charge in [0, 0.05) is 13.1 Å². The Balaban J connectivity index is 2.02. The second-order valence-corrected chi connectivity index (χ2v) is 11.7. The van der Waals surface area contributed by atoms with Crippen molar-refractivity contribution in [3.05, 3.63) is 89.5 Å². The van der Waals surface area contributed by atoms with Gasteiger partial charge in [-0.3, -0.25) is 13.9 Å². The molecule has 2 amide bonds. The molecule has 0 aliphatic heterocycles. The molecule has 9 heteroatoms. The van der Waals surface area contributed by atoms with Crippen LogP contribution in [0.3, 0.4) is 0 Å². The van der Waals surface area contributed by atoms with E-state index in [2.05, 4.69) is 5.32 Å². The molecule has 3 aromatic carbocycles. The summed E-state index contributed by atoms with van der Waals surface area (Å²) in [6.07, 6.45) is 1.74. The van der Waals surface area contributed by atoms with E-state index in [1.54, 1.807) is 63.4 Å². The Morgan fingerprint density at radius 1 is 0.975 bits per heavy atom. The third-order valence-electron chi connectivity index (χ3n) is 6.76. The Kier molecular flexibility index (Phi) is 10.7. The predicted molar refractivity (Wildman–Crippen MR) is 158 cm³/mol. The van der Waals surface area contributed by atoms with Gasteiger partial charge in [-0.25, -0.2) is 8.42 Å². The van der Waals surface area contributed by atoms with Crippen LogP contribution in [0, 0.1) is 13.8 Å². The van der Waals surface area contributed by atoms with E-state index in [0.29, 0.717) is 23.5 Å². The number of hydrogen-bond donors (Lipinski definition) is 1. The fourth-order valence-electron chi connectivity index (χ4n) is 4.28. The number of nitrogens with zero attached hydrogens (tertiary/aromatic N) is 2. The molecule has 8 nitrogen and oxygen atoms in total. The number of ether oxygens (including phenoxy) is 1. The third kappa shape index (κ3) is 7.63. The van der Waals surface area contributed by atoms with Crippen LogP contribution in [-0.4, -0.2) is 51.4 Å². The maximum Gasteiger partial charge on any atom is 0.264 e. The van der Waals surface area contributed by atoms with E-state index in [-0.39, 0.29) is 17.3 Å². The fraction of sp³-hybridized carbons (Fsp3) is 0.355. The molecule has 0 bridgehead atoms. The second kappa shape index (κ2) is 14.0. The van der Waals surface area contributed by atoms with Gasteiger partial charge >= 0.3 is 0 Å². The first-order valence-electron chi connectivity index (χ1n) is 13.4. The lowest BCUT2D eigenvalue weighted by molar-refractivity contribution is -0.139. The molecule has 3 aromatic rings. The van der Waals surface area contributed by atoms with Gasteiger partial charge in [0.05, 0.1) is 17.7 Å². The molecular formula is C31H39N3O5S. The molecule has 0 aliphatic rings. The lowest BCUT2D eigenvalue weighted by Gasteiger charge is -2.32. The molecule has 0 saturated carbocycles. The molecule has 0 radical (unpaired) electrons. The van der Waals surface area contributed by atoms with Gasteiger partial charge in [0.1, 0.15) is 18.3 Å². The molecule has 0 heterocycles. The Labute approximate surface area is 238 Å². The number of sulfonamides is 1. The van der Waals surface area contributed by atoms with Crippen LogP contribution in [0.25, 0.3) is 0 Å². The van der Waals surface area contributed by atoms with Gasteiger partial charge < -0.3 is 15.0 Å². The van der Waals surface area contributed by atoms with Crippen molar-refractivity contribution in [3.63, 3.8) is 0 Å². The minimum atomic E-state index is -4.10. The maximum absolute atomic E-state index is 14.0. The highest BCUT2D eigenvalue weighted by Gasteiger charge is 2.33. The molecule has 0 aromatic heterocycles. The molecule has 3 rings (SSSR count). The molecule has 214 valence electrons. The summed E-state index contributed by atoms with van der Waals surface area (Å²) < 4.78 is 34.3. The van der Waals surface area contributed by atoms with Gasteiger partial charge in [-0.15, -0.1) is 0 Å². The van der Waals surface area contributed by atoms with E-state index in [1.807, 2.05) is 32.0 Å². The number of rotatable bonds is 13. The first-order valence-corrected chi connectivity index (χ1v) is 14.9. The summed E-state index contributed by atoms with van der Waals surface area (Å²) in [5.41, 5.74) is 2.78. The standard InChI is InChI=1S/C31H39N3O5S/c1-6-7-19-32-31(36)25(4)33(21-26-12-10-13-27(20-26)39-5)30(35)22-34(29-14-9-8-11-24(29)3)40(37,38)28-17-15-23(2)16-18-28/h8-18,20,25H,6-7,19,21-22H2,1-5H3,(H,32,36)/t25-/m1/s1. The predicted octanol–water partition coefficient (Wildman–Crippen LogP) is 4.84. The first-order chi connectivity index (χ1) is 19.1. The summed E-state index contributed by atoms with van der Waals surface area (Å²) in [5.74, 6) is -0.179. The van der Waals surface area contributed by atoms with Crippen molar-refractivity contribution in [1.29, 1.82) is 0 Å². The van der Waals surface area contributed by atoms with Crippen LogP contribution in [0.2, 0.25) is 0 Å². The number of anilines is 1. The van der Waals surface area contributed by atoms with Crippen molar-refractivity contribution >= 4 is 27.5 Å². The van der Waals surface area contributed by atoms with E-state index in [4.69, 9.17) is 4.74 Å². The Hall–Kier alpha value is -3.85. The monoisotopic (exact) mass is 565 g/mol. The van der Waals surface area contributed by atoms with Crippen molar-refractivity contribution in [2.75, 3.05) is 24.5 Å². The van der Waals surface area contributed by atoms with Crippen molar-refractivity contribution in [1.82, 2.24) is 10.2 Å². The average molecular weight is 566 g/mol. The fourth-order valence-corrected chi connectivity index (χ4v) is 5.76. The summed E-state index contributed by atoms with van der Waals surface area (Å²) >= 11 is 0. The SMILES string of the molecule is CCCCNC(=O)[C@@H](C)N(Cc1cccc(OC)c1)C(=O)CN(c1ccccc1C)S(=O)(=O)c1ccc(C)cc1. The lowest BCUT2D eigenvalue weighted by atomic mass is 10.1. The molecule has 0 aliphatic carbocycles. The third-order valence-corrected chi connectivity index (χ3v) is 8.53. The second-order valence-electron chi connectivity index (χ2n) is 9.80. The molecule has 1 N–H and O–H groups in total. The zero-order valence-electron chi connectivity index (χ0n) is 23.9. The van der Waals surface area contributed by atoms with Crippen LogP contribution in [0.15, 0.2) is 77.7 Å². The molecule has 0 unspecified atom stereocenters. The van der Waals surface area contributed by atoms with Gasteiger partial charge in [0.25, 0.3) is 10.0 Å². The van der Waals surface area contributed by atoms with Gasteiger partial charge in [0.15, 0.2) is 0 Å². The number of aryl methyl sites for hydroxylation is 2. The molecule has 0 fully saturated rings. The maximum atomic E-state index is 14.0. The minimum absolute atomic E-state index is 0.0823. The molecule has 1 atom stereocenters. The van der Waals surface area contributed by atoms with Crippen molar-refractivity contribution in [2.45, 2.75) is 58.0 Å². The number of carbonyl (C=O) groups is 2. The van der Waals surface area contributed by atoms with Crippen LogP contribution in [-0.2, 0) is 26.2 Å². The van der Waals surface area contributed by atoms with Crippen molar-refractivity contribution < 1.29 is 22.7 Å². The average Bonchev–Trinajstić information content (AvgIpc) is 2.95. The number of hydrogen-bond acceptors (Lipinski definition) is 5. The first kappa shape index (κ1) is 30.7. The van der Waals surface area contributed by atoms with Gasteiger partial charge in [0.2, 0.25) is 11.8 Å².